The van der Waals surface area contributed by atoms with Gasteiger partial charge in [0.25, 0.3) is 0 Å². The summed E-state index contributed by atoms with van der Waals surface area (Å²) >= 11 is 4.31. The van der Waals surface area contributed by atoms with Crippen molar-refractivity contribution in [2.45, 2.75) is 6.61 Å². The molecule has 84 valence electrons. The van der Waals surface area contributed by atoms with Gasteiger partial charge in [-0.05, 0) is 34.1 Å². The van der Waals surface area contributed by atoms with Gasteiger partial charge in [-0.25, -0.2) is 4.39 Å². The molecule has 2 aromatic rings. The van der Waals surface area contributed by atoms with E-state index < -0.39 is 0 Å². The van der Waals surface area contributed by atoms with Gasteiger partial charge in [-0.1, -0.05) is 4.49 Å². The van der Waals surface area contributed by atoms with Crippen LogP contribution < -0.4 is 10.5 Å². The van der Waals surface area contributed by atoms with E-state index in [9.17, 15) is 4.39 Å². The minimum atomic E-state index is -0.325. The van der Waals surface area contributed by atoms with Gasteiger partial charge >= 0.3 is 0 Å². The summed E-state index contributed by atoms with van der Waals surface area (Å²) < 4.78 is 22.5. The fourth-order valence-corrected chi connectivity index (χ4v) is 1.95. The summed E-state index contributed by atoms with van der Waals surface area (Å²) in [5.41, 5.74) is 6.19. The SMILES string of the molecule is Nc1snnc1COc1ccc(F)cc1Br. The van der Waals surface area contributed by atoms with Crippen LogP contribution in [0.1, 0.15) is 5.69 Å². The molecule has 0 fully saturated rings. The second-order valence-electron chi connectivity index (χ2n) is 2.95. The molecular weight excluding hydrogens is 297 g/mol. The molecule has 0 bridgehead atoms. The van der Waals surface area contributed by atoms with Crippen LogP contribution in [0.4, 0.5) is 9.39 Å². The normalized spacial score (nSPS) is 10.4. The molecule has 4 nitrogen and oxygen atoms in total. The topological polar surface area (TPSA) is 61.0 Å². The largest absolute Gasteiger partial charge is 0.486 e. The quantitative estimate of drug-likeness (QED) is 0.947. The number of hydrogen-bond acceptors (Lipinski definition) is 5. The highest BCUT2D eigenvalue weighted by Crippen LogP contribution is 2.26. The first-order chi connectivity index (χ1) is 7.66. The molecule has 0 atom stereocenters. The first-order valence-electron chi connectivity index (χ1n) is 4.31. The fourth-order valence-electron chi connectivity index (χ4n) is 1.05. The maximum atomic E-state index is 12.8. The Morgan fingerprint density at radius 1 is 1.50 bits per heavy atom. The van der Waals surface area contributed by atoms with E-state index in [-0.39, 0.29) is 12.4 Å². The smallest absolute Gasteiger partial charge is 0.136 e. The van der Waals surface area contributed by atoms with Gasteiger partial charge in [0.1, 0.15) is 28.9 Å². The maximum absolute atomic E-state index is 12.8. The molecule has 0 radical (unpaired) electrons. The highest BCUT2D eigenvalue weighted by atomic mass is 79.9. The predicted octanol–water partition coefficient (Wildman–Crippen LogP) is 2.60. The van der Waals surface area contributed by atoms with Crippen molar-refractivity contribution in [3.8, 4) is 5.75 Å². The predicted molar refractivity (Wildman–Crippen MR) is 62.8 cm³/mol. The molecule has 0 spiro atoms. The Morgan fingerprint density at radius 3 is 2.94 bits per heavy atom. The lowest BCUT2D eigenvalue weighted by molar-refractivity contribution is 0.299. The molecule has 0 aliphatic rings. The molecule has 0 aliphatic heterocycles. The van der Waals surface area contributed by atoms with Crippen molar-refractivity contribution < 1.29 is 9.13 Å². The summed E-state index contributed by atoms with van der Waals surface area (Å²) in [7, 11) is 0. The zero-order valence-corrected chi connectivity index (χ0v) is 10.4. The van der Waals surface area contributed by atoms with Gasteiger partial charge in [0.2, 0.25) is 0 Å². The number of benzene rings is 1. The number of halogens is 2. The van der Waals surface area contributed by atoms with Crippen LogP contribution in [0, 0.1) is 5.82 Å². The molecule has 2 rings (SSSR count). The van der Waals surface area contributed by atoms with Crippen molar-refractivity contribution in [3.63, 3.8) is 0 Å². The minimum Gasteiger partial charge on any atom is -0.486 e. The van der Waals surface area contributed by atoms with E-state index in [0.717, 1.165) is 11.5 Å². The Labute approximate surface area is 104 Å². The van der Waals surface area contributed by atoms with Gasteiger partial charge in [0, 0.05) is 11.5 Å². The number of nitrogens with zero attached hydrogens (tertiary/aromatic N) is 2. The van der Waals surface area contributed by atoms with Crippen molar-refractivity contribution in [1.82, 2.24) is 9.59 Å². The van der Waals surface area contributed by atoms with Gasteiger partial charge in [0.05, 0.1) is 4.47 Å². The minimum absolute atomic E-state index is 0.215. The Hall–Kier alpha value is -1.21. The average molecular weight is 304 g/mol. The molecule has 0 amide bonds. The number of anilines is 1. The number of rotatable bonds is 3. The summed E-state index contributed by atoms with van der Waals surface area (Å²) in [5.74, 6) is 0.211. The lowest BCUT2D eigenvalue weighted by Gasteiger charge is -2.06. The number of aromatic nitrogens is 2. The van der Waals surface area contributed by atoms with Crippen molar-refractivity contribution in [3.05, 3.63) is 34.2 Å². The zero-order chi connectivity index (χ0) is 11.5. The van der Waals surface area contributed by atoms with E-state index in [1.165, 1.54) is 18.2 Å². The second kappa shape index (κ2) is 4.75. The lowest BCUT2D eigenvalue weighted by atomic mass is 10.3. The molecule has 0 aliphatic carbocycles. The van der Waals surface area contributed by atoms with Crippen LogP contribution in [-0.2, 0) is 6.61 Å². The Morgan fingerprint density at radius 2 is 2.31 bits per heavy atom. The third kappa shape index (κ3) is 2.48. The van der Waals surface area contributed by atoms with Crippen molar-refractivity contribution in [1.29, 1.82) is 0 Å². The van der Waals surface area contributed by atoms with Gasteiger partial charge in [-0.2, -0.15) is 0 Å². The van der Waals surface area contributed by atoms with Gasteiger partial charge in [-0.15, -0.1) is 5.10 Å². The van der Waals surface area contributed by atoms with Crippen LogP contribution >= 0.6 is 27.5 Å². The van der Waals surface area contributed by atoms with Crippen LogP contribution in [0.15, 0.2) is 22.7 Å². The third-order valence-electron chi connectivity index (χ3n) is 1.84. The summed E-state index contributed by atoms with van der Waals surface area (Å²) in [6.07, 6.45) is 0. The van der Waals surface area contributed by atoms with E-state index >= 15 is 0 Å². The number of ether oxygens (including phenoxy) is 1. The van der Waals surface area contributed by atoms with E-state index in [4.69, 9.17) is 10.5 Å². The van der Waals surface area contributed by atoms with E-state index in [2.05, 4.69) is 25.5 Å². The maximum Gasteiger partial charge on any atom is 0.136 e. The summed E-state index contributed by atoms with van der Waals surface area (Å²) in [4.78, 5) is 0. The first kappa shape index (κ1) is 11.3. The zero-order valence-electron chi connectivity index (χ0n) is 7.98. The molecular formula is C9H7BrFN3OS. The summed E-state index contributed by atoms with van der Waals surface area (Å²) in [6, 6.07) is 4.19. The van der Waals surface area contributed by atoms with Crippen molar-refractivity contribution >= 4 is 32.5 Å². The molecule has 0 saturated heterocycles. The molecule has 0 unspecified atom stereocenters. The Kier molecular flexibility index (Phi) is 3.35. The average Bonchev–Trinajstić information content (AvgIpc) is 2.63. The summed E-state index contributed by atoms with van der Waals surface area (Å²) in [5, 5.41) is 4.33. The highest BCUT2D eigenvalue weighted by Gasteiger charge is 2.07. The molecule has 2 N–H and O–H groups in total. The van der Waals surface area contributed by atoms with Gasteiger partial charge in [0.15, 0.2) is 0 Å². The molecule has 1 aromatic heterocycles. The number of nitrogen functional groups attached to an aromatic ring is 1. The molecule has 1 aromatic carbocycles. The van der Waals surface area contributed by atoms with E-state index in [0.29, 0.717) is 20.9 Å². The standard InChI is InChI=1S/C9H7BrFN3OS/c10-6-3-5(11)1-2-8(6)15-4-7-9(12)16-14-13-7/h1-3H,4,12H2. The fraction of sp³-hybridized carbons (Fsp3) is 0.111. The first-order valence-corrected chi connectivity index (χ1v) is 5.88. The Bertz CT molecular complexity index is 505. The van der Waals surface area contributed by atoms with E-state index in [1.54, 1.807) is 0 Å². The number of nitrogens with two attached hydrogens (primary N) is 1. The highest BCUT2D eigenvalue weighted by molar-refractivity contribution is 9.10. The molecule has 0 saturated carbocycles. The van der Waals surface area contributed by atoms with Gasteiger partial charge < -0.3 is 10.5 Å². The van der Waals surface area contributed by atoms with Crippen LogP contribution in [0.25, 0.3) is 0 Å². The van der Waals surface area contributed by atoms with Crippen molar-refractivity contribution in [2.75, 3.05) is 5.73 Å². The lowest BCUT2D eigenvalue weighted by Crippen LogP contribution is -1.99. The van der Waals surface area contributed by atoms with Crippen LogP contribution in [0.2, 0.25) is 0 Å². The van der Waals surface area contributed by atoms with Gasteiger partial charge in [-0.3, -0.25) is 0 Å². The molecule has 16 heavy (non-hydrogen) atoms. The Balaban J connectivity index is 2.08. The molecule has 1 heterocycles. The van der Waals surface area contributed by atoms with Crippen LogP contribution in [0.5, 0.6) is 5.75 Å². The summed E-state index contributed by atoms with van der Waals surface area (Å²) in [6.45, 7) is 0.215. The number of hydrogen-bond donors (Lipinski definition) is 1. The molecule has 7 heteroatoms. The van der Waals surface area contributed by atoms with E-state index in [1.807, 2.05) is 0 Å². The third-order valence-corrected chi connectivity index (χ3v) is 3.06. The van der Waals surface area contributed by atoms with Crippen LogP contribution in [-0.4, -0.2) is 9.59 Å². The second-order valence-corrected chi connectivity index (χ2v) is 4.59. The van der Waals surface area contributed by atoms with Crippen LogP contribution in [0.3, 0.4) is 0 Å². The van der Waals surface area contributed by atoms with Crippen molar-refractivity contribution in [2.24, 2.45) is 0 Å². The monoisotopic (exact) mass is 303 g/mol.